The van der Waals surface area contributed by atoms with Gasteiger partial charge in [-0.05, 0) is 102 Å². The summed E-state index contributed by atoms with van der Waals surface area (Å²) >= 11 is 0. The first kappa shape index (κ1) is 24.6. The van der Waals surface area contributed by atoms with Gasteiger partial charge in [-0.15, -0.1) is 0 Å². The number of benzene rings is 2. The Morgan fingerprint density at radius 2 is 0.933 bits per heavy atom. The summed E-state index contributed by atoms with van der Waals surface area (Å²) in [5.41, 5.74) is 9.17. The van der Waals surface area contributed by atoms with Crippen LogP contribution in [0.2, 0.25) is 0 Å². The Morgan fingerprint density at radius 1 is 0.533 bits per heavy atom. The van der Waals surface area contributed by atoms with E-state index in [9.17, 15) is 0 Å². The molecule has 0 fully saturated rings. The van der Waals surface area contributed by atoms with Crippen molar-refractivity contribution in [2.45, 2.75) is 70.3 Å². The molecule has 4 N–H and O–H groups in total. The normalized spacial score (nSPS) is 11.3. The molecule has 2 aromatic rings. The summed E-state index contributed by atoms with van der Waals surface area (Å²) in [6.07, 6.45) is 12.0. The van der Waals surface area contributed by atoms with Gasteiger partial charge in [0.1, 0.15) is 0 Å². The minimum atomic E-state index is 0.352. The lowest BCUT2D eigenvalue weighted by Crippen LogP contribution is -2.25. The molecule has 0 saturated heterocycles. The van der Waals surface area contributed by atoms with Crippen LogP contribution in [0.15, 0.2) is 60.7 Å². The van der Waals surface area contributed by atoms with Crippen molar-refractivity contribution in [3.8, 4) is 0 Å². The number of unbranched alkanes of at least 4 members (excludes halogenated alkanes) is 2. The van der Waals surface area contributed by atoms with E-state index in [1.807, 2.05) is 0 Å². The molecule has 0 aromatic heterocycles. The molecule has 0 bridgehead atoms. The minimum absolute atomic E-state index is 0.352. The average molecular weight is 410 g/mol. The molecular formula is C27H43N3. The van der Waals surface area contributed by atoms with Gasteiger partial charge in [0.2, 0.25) is 0 Å². The molecule has 0 aliphatic heterocycles. The molecule has 0 atom stereocenters. The predicted molar refractivity (Wildman–Crippen MR) is 131 cm³/mol. The van der Waals surface area contributed by atoms with Crippen molar-refractivity contribution in [1.82, 2.24) is 10.6 Å². The van der Waals surface area contributed by atoms with Crippen LogP contribution in [0.4, 0.5) is 0 Å². The van der Waals surface area contributed by atoms with Gasteiger partial charge in [-0.1, -0.05) is 60.7 Å². The maximum absolute atomic E-state index is 6.27. The summed E-state index contributed by atoms with van der Waals surface area (Å²) < 4.78 is 0. The van der Waals surface area contributed by atoms with Crippen LogP contribution in [0.3, 0.4) is 0 Å². The number of aryl methyl sites for hydroxylation is 2. The van der Waals surface area contributed by atoms with Crippen LogP contribution >= 0.6 is 0 Å². The zero-order valence-electron chi connectivity index (χ0n) is 18.8. The second kappa shape index (κ2) is 17.0. The SMILES string of the molecule is NC(CCCNCCCCc1ccccc1)CCCNCCCCc1ccccc1. The molecule has 3 heteroatoms. The number of nitrogens with two attached hydrogens (primary N) is 1. The average Bonchev–Trinajstić information content (AvgIpc) is 2.79. The van der Waals surface area contributed by atoms with Gasteiger partial charge in [-0.25, -0.2) is 0 Å². The Hall–Kier alpha value is -1.68. The molecule has 30 heavy (non-hydrogen) atoms. The molecule has 0 spiro atoms. The van der Waals surface area contributed by atoms with Gasteiger partial charge in [0, 0.05) is 6.04 Å². The molecule has 0 aliphatic rings. The Kier molecular flexibility index (Phi) is 14.0. The van der Waals surface area contributed by atoms with Crippen LogP contribution in [0.25, 0.3) is 0 Å². The fourth-order valence-electron chi connectivity index (χ4n) is 3.82. The highest BCUT2D eigenvalue weighted by atomic mass is 14.8. The molecule has 0 heterocycles. The highest BCUT2D eigenvalue weighted by Crippen LogP contribution is 2.05. The Labute approximate surface area is 184 Å². The van der Waals surface area contributed by atoms with Crippen LogP contribution in [-0.4, -0.2) is 32.2 Å². The van der Waals surface area contributed by atoms with Crippen molar-refractivity contribution in [3.63, 3.8) is 0 Å². The smallest absolute Gasteiger partial charge is 0.00397 e. The molecule has 0 amide bonds. The summed E-state index contributed by atoms with van der Waals surface area (Å²) in [5, 5.41) is 7.13. The maximum atomic E-state index is 6.27. The van der Waals surface area contributed by atoms with Crippen LogP contribution < -0.4 is 16.4 Å². The molecule has 3 nitrogen and oxygen atoms in total. The molecule has 0 saturated carbocycles. The summed E-state index contributed by atoms with van der Waals surface area (Å²) in [6.45, 7) is 4.43. The van der Waals surface area contributed by atoms with Crippen LogP contribution in [-0.2, 0) is 12.8 Å². The van der Waals surface area contributed by atoms with E-state index in [4.69, 9.17) is 5.73 Å². The topological polar surface area (TPSA) is 50.1 Å². The fraction of sp³-hybridized carbons (Fsp3) is 0.556. The van der Waals surface area contributed by atoms with Crippen LogP contribution in [0.1, 0.15) is 62.5 Å². The number of nitrogens with one attached hydrogen (secondary N) is 2. The highest BCUT2D eigenvalue weighted by Gasteiger charge is 2.02. The maximum Gasteiger partial charge on any atom is 0.00397 e. The zero-order valence-corrected chi connectivity index (χ0v) is 18.8. The van der Waals surface area contributed by atoms with Crippen molar-refractivity contribution >= 4 is 0 Å². The lowest BCUT2D eigenvalue weighted by atomic mass is 10.1. The van der Waals surface area contributed by atoms with Crippen molar-refractivity contribution in [2.75, 3.05) is 26.2 Å². The lowest BCUT2D eigenvalue weighted by molar-refractivity contribution is 0.493. The summed E-state index contributed by atoms with van der Waals surface area (Å²) in [4.78, 5) is 0. The van der Waals surface area contributed by atoms with Gasteiger partial charge < -0.3 is 16.4 Å². The van der Waals surface area contributed by atoms with Crippen LogP contribution in [0.5, 0.6) is 0 Å². The third-order valence-corrected chi connectivity index (χ3v) is 5.68. The van der Waals surface area contributed by atoms with Crippen molar-refractivity contribution < 1.29 is 0 Å². The summed E-state index contributed by atoms with van der Waals surface area (Å²) in [7, 11) is 0. The zero-order chi connectivity index (χ0) is 21.1. The second-order valence-corrected chi connectivity index (χ2v) is 8.43. The summed E-state index contributed by atoms with van der Waals surface area (Å²) in [6, 6.07) is 21.9. The first-order valence-electron chi connectivity index (χ1n) is 12.1. The molecule has 166 valence electrons. The quantitative estimate of drug-likeness (QED) is 0.300. The first-order valence-corrected chi connectivity index (χ1v) is 12.1. The van der Waals surface area contributed by atoms with Gasteiger partial charge >= 0.3 is 0 Å². The lowest BCUT2D eigenvalue weighted by Gasteiger charge is -2.12. The van der Waals surface area contributed by atoms with Gasteiger partial charge in [-0.3, -0.25) is 0 Å². The predicted octanol–water partition coefficient (Wildman–Crippen LogP) is 5.10. The highest BCUT2D eigenvalue weighted by molar-refractivity contribution is 5.15. The molecule has 0 aliphatic carbocycles. The molecule has 0 unspecified atom stereocenters. The Balaban J connectivity index is 1.29. The molecule has 2 aromatic carbocycles. The van der Waals surface area contributed by atoms with E-state index in [0.29, 0.717) is 6.04 Å². The van der Waals surface area contributed by atoms with Gasteiger partial charge in [-0.2, -0.15) is 0 Å². The van der Waals surface area contributed by atoms with Crippen molar-refractivity contribution in [3.05, 3.63) is 71.8 Å². The van der Waals surface area contributed by atoms with E-state index >= 15 is 0 Å². The standard InChI is InChI=1S/C27H43N3/c28-27(19-11-23-29-21-9-7-17-25-13-3-1-4-14-25)20-12-24-30-22-10-8-18-26-15-5-2-6-16-26/h1-6,13-16,27,29-30H,7-12,17-24,28H2. The molecular weight excluding hydrogens is 366 g/mol. The Morgan fingerprint density at radius 3 is 1.37 bits per heavy atom. The Bertz CT molecular complexity index is 559. The second-order valence-electron chi connectivity index (χ2n) is 8.43. The van der Waals surface area contributed by atoms with Gasteiger partial charge in [0.05, 0.1) is 0 Å². The van der Waals surface area contributed by atoms with E-state index in [2.05, 4.69) is 71.3 Å². The van der Waals surface area contributed by atoms with E-state index in [-0.39, 0.29) is 0 Å². The number of rotatable bonds is 18. The van der Waals surface area contributed by atoms with Crippen molar-refractivity contribution in [2.24, 2.45) is 5.73 Å². The summed E-state index contributed by atoms with van der Waals surface area (Å²) in [5.74, 6) is 0. The number of hydrogen-bond acceptors (Lipinski definition) is 3. The van der Waals surface area contributed by atoms with E-state index in [1.54, 1.807) is 0 Å². The van der Waals surface area contributed by atoms with Crippen LogP contribution in [0, 0.1) is 0 Å². The minimum Gasteiger partial charge on any atom is -0.328 e. The molecule has 2 rings (SSSR count). The molecule has 0 radical (unpaired) electrons. The fourth-order valence-corrected chi connectivity index (χ4v) is 3.82. The van der Waals surface area contributed by atoms with Crippen molar-refractivity contribution in [1.29, 1.82) is 0 Å². The van der Waals surface area contributed by atoms with E-state index in [1.165, 1.54) is 62.5 Å². The third-order valence-electron chi connectivity index (χ3n) is 5.68. The van der Waals surface area contributed by atoms with E-state index in [0.717, 1.165) is 39.0 Å². The van der Waals surface area contributed by atoms with Gasteiger partial charge in [0.25, 0.3) is 0 Å². The number of hydrogen-bond donors (Lipinski definition) is 3. The first-order chi connectivity index (χ1) is 14.8. The van der Waals surface area contributed by atoms with Gasteiger partial charge in [0.15, 0.2) is 0 Å². The third kappa shape index (κ3) is 12.8. The van der Waals surface area contributed by atoms with E-state index < -0.39 is 0 Å². The largest absolute Gasteiger partial charge is 0.328 e. The monoisotopic (exact) mass is 409 g/mol.